The first-order valence-electron chi connectivity index (χ1n) is 4.68. The molecule has 0 radical (unpaired) electrons. The van der Waals surface area contributed by atoms with Crippen LogP contribution in [0.15, 0.2) is 0 Å². The van der Waals surface area contributed by atoms with E-state index >= 15 is 0 Å². The van der Waals surface area contributed by atoms with Crippen LogP contribution in [0.25, 0.3) is 0 Å². The van der Waals surface area contributed by atoms with Gasteiger partial charge >= 0.3 is 24.8 Å². The molecule has 0 aromatic rings. The van der Waals surface area contributed by atoms with Crippen LogP contribution in [0.1, 0.15) is 20.8 Å². The second-order valence-corrected chi connectivity index (χ2v) is 4.17. The smallest absolute Gasteiger partial charge is 0.133 e. The largest absolute Gasteiger partial charge is 0.694 e. The maximum Gasteiger partial charge on any atom is 0.694 e. The lowest BCUT2D eigenvalue weighted by Crippen LogP contribution is -1.72. The van der Waals surface area contributed by atoms with Crippen molar-refractivity contribution in [2.45, 2.75) is 20.8 Å². The highest BCUT2D eigenvalue weighted by molar-refractivity contribution is 7.32. The second kappa shape index (κ2) is 28.3. The van der Waals surface area contributed by atoms with Gasteiger partial charge in [0.25, 0.3) is 0 Å². The number of hydrogen-bond donors (Lipinski definition) is 3. The third kappa shape index (κ3) is 61.3. The third-order valence-electron chi connectivity index (χ3n) is 0.719. The molecular weight excluding hydrogens is 363 g/mol. The normalized spacial score (nSPS) is 10.2. The summed E-state index contributed by atoms with van der Waals surface area (Å²) in [6.07, 6.45) is 0. The molecule has 0 aliphatic rings. The van der Waals surface area contributed by atoms with Crippen molar-refractivity contribution in [3.63, 3.8) is 0 Å². The average molecular weight is 387 g/mol. The van der Waals surface area contributed by atoms with E-state index in [-0.39, 0.29) is 34.7 Å². The summed E-state index contributed by atoms with van der Waals surface area (Å²) in [4.78, 5) is 23.5. The van der Waals surface area contributed by atoms with E-state index in [4.69, 9.17) is 14.7 Å². The monoisotopic (exact) mass is 387 g/mol. The highest BCUT2D eigenvalue weighted by Gasteiger charge is 2.07. The molecule has 0 bridgehead atoms. The highest BCUT2D eigenvalue weighted by Crippen LogP contribution is 2.13. The van der Waals surface area contributed by atoms with E-state index in [9.17, 15) is 13.7 Å². The van der Waals surface area contributed by atoms with Gasteiger partial charge in [-0.25, -0.2) is 0 Å². The van der Waals surface area contributed by atoms with E-state index in [0.29, 0.717) is 19.8 Å². The molecule has 0 aromatic heterocycles. The van der Waals surface area contributed by atoms with Crippen molar-refractivity contribution in [1.29, 1.82) is 0 Å². The van der Waals surface area contributed by atoms with Crippen LogP contribution in [0.5, 0.6) is 0 Å². The van der Waals surface area contributed by atoms with Gasteiger partial charge in [-0.05, 0) is 20.8 Å². The Morgan fingerprint density at radius 3 is 0.800 bits per heavy atom. The molecule has 3 unspecified atom stereocenters. The quantitative estimate of drug-likeness (QED) is 0.412. The molecule has 0 aromatic carbocycles. The van der Waals surface area contributed by atoms with Gasteiger partial charge in [-0.3, -0.25) is 0 Å². The lowest BCUT2D eigenvalue weighted by Gasteiger charge is -1.68. The van der Waals surface area contributed by atoms with Crippen molar-refractivity contribution in [1.82, 2.24) is 0 Å². The molecule has 3 atom stereocenters. The fourth-order valence-corrected chi connectivity index (χ4v) is 0.994. The fraction of sp³-hybridized carbons (Fsp3) is 1.00. The second-order valence-electron chi connectivity index (χ2n) is 1.97. The van der Waals surface area contributed by atoms with E-state index < -0.39 is 24.8 Å². The minimum atomic E-state index is -2.35. The van der Waals surface area contributed by atoms with Gasteiger partial charge in [0, 0.05) is 13.7 Å². The topological polar surface area (TPSA) is 140 Å². The minimum absolute atomic E-state index is 0. The van der Waals surface area contributed by atoms with Gasteiger partial charge in [0.2, 0.25) is 0 Å². The van der Waals surface area contributed by atoms with Crippen molar-refractivity contribution in [3.8, 4) is 0 Å². The molecular formula is C6H24Al2O9P3+3. The summed E-state index contributed by atoms with van der Waals surface area (Å²) < 4.78 is 40.9. The van der Waals surface area contributed by atoms with Crippen molar-refractivity contribution >= 4 is 59.5 Å². The highest BCUT2D eigenvalue weighted by atomic mass is 31.1. The Labute approximate surface area is 142 Å². The molecule has 120 valence electrons. The fourth-order valence-electron chi connectivity index (χ4n) is 0.331. The zero-order valence-electron chi connectivity index (χ0n) is 10.3. The van der Waals surface area contributed by atoms with Gasteiger partial charge in [-0.15, -0.1) is 28.3 Å². The summed E-state index contributed by atoms with van der Waals surface area (Å²) in [6, 6.07) is 0. The first-order valence-corrected chi connectivity index (χ1v) is 8.07. The predicted octanol–water partition coefficient (Wildman–Crippen LogP) is -0.350. The summed E-state index contributed by atoms with van der Waals surface area (Å²) >= 11 is 0. The van der Waals surface area contributed by atoms with Gasteiger partial charge in [0.05, 0.1) is 0 Å². The van der Waals surface area contributed by atoms with Gasteiger partial charge in [0.1, 0.15) is 19.8 Å². The maximum atomic E-state index is 9.53. The molecule has 14 heteroatoms. The third-order valence-corrected chi connectivity index (χ3v) is 2.16. The lowest BCUT2D eigenvalue weighted by molar-refractivity contribution is 0.296. The zero-order chi connectivity index (χ0) is 15.0. The Kier molecular flexibility index (Phi) is 46.6. The van der Waals surface area contributed by atoms with Crippen LogP contribution in [0.2, 0.25) is 0 Å². The standard InChI is InChI=1S/3C2H5O3P.2Al.6H/c3*1-2-5-6(3)4;;;;;;;;/h3*2H2,1H3;;;;;;;;/p+3. The van der Waals surface area contributed by atoms with Crippen LogP contribution in [-0.2, 0) is 27.3 Å². The van der Waals surface area contributed by atoms with Crippen LogP contribution >= 0.6 is 24.8 Å². The minimum Gasteiger partial charge on any atom is -0.133 e. The molecule has 0 amide bonds. The summed E-state index contributed by atoms with van der Waals surface area (Å²) in [7, 11) is -7.05. The summed E-state index contributed by atoms with van der Waals surface area (Å²) in [5.41, 5.74) is 0. The number of rotatable bonds is 6. The molecule has 0 spiro atoms. The van der Waals surface area contributed by atoms with E-state index in [1.165, 1.54) is 0 Å². The molecule has 3 N–H and O–H groups in total. The number of hydrogen-bond acceptors (Lipinski definition) is 6. The van der Waals surface area contributed by atoms with Crippen LogP contribution in [0.4, 0.5) is 0 Å². The van der Waals surface area contributed by atoms with Crippen LogP contribution < -0.4 is 0 Å². The van der Waals surface area contributed by atoms with Gasteiger partial charge in [0.15, 0.2) is 34.7 Å². The molecule has 0 saturated heterocycles. The van der Waals surface area contributed by atoms with Gasteiger partial charge < -0.3 is 0 Å². The Bertz CT molecular complexity index is 206. The molecule has 0 rings (SSSR count). The Morgan fingerprint density at radius 2 is 0.800 bits per heavy atom. The maximum absolute atomic E-state index is 9.53. The molecule has 20 heavy (non-hydrogen) atoms. The van der Waals surface area contributed by atoms with E-state index in [1.807, 2.05) is 0 Å². The molecule has 0 saturated carbocycles. The average Bonchev–Trinajstić information content (AvgIpc) is 2.18. The Morgan fingerprint density at radius 1 is 0.650 bits per heavy atom. The molecule has 0 aliphatic heterocycles. The molecule has 0 aliphatic carbocycles. The van der Waals surface area contributed by atoms with E-state index in [1.54, 1.807) is 20.8 Å². The summed E-state index contributed by atoms with van der Waals surface area (Å²) in [6.45, 7) is 5.86. The molecule has 0 heterocycles. The Balaban J connectivity index is -0.0000000536. The van der Waals surface area contributed by atoms with Crippen molar-refractivity contribution in [2.24, 2.45) is 0 Å². The Hall–Kier alpha value is 1.12. The van der Waals surface area contributed by atoms with E-state index in [2.05, 4.69) is 13.6 Å². The zero-order valence-corrected chi connectivity index (χ0v) is 12.9. The first-order chi connectivity index (χ1) is 8.31. The van der Waals surface area contributed by atoms with Crippen LogP contribution in [-0.4, -0.2) is 69.2 Å². The van der Waals surface area contributed by atoms with Crippen molar-refractivity contribution in [2.75, 3.05) is 19.8 Å². The lowest BCUT2D eigenvalue weighted by atomic mass is 10.9. The first kappa shape index (κ1) is 32.9. The van der Waals surface area contributed by atoms with E-state index in [0.717, 1.165) is 0 Å². The molecule has 0 fully saturated rings. The summed E-state index contributed by atoms with van der Waals surface area (Å²) in [5, 5.41) is 0. The van der Waals surface area contributed by atoms with Crippen molar-refractivity contribution < 1.29 is 41.9 Å². The van der Waals surface area contributed by atoms with Crippen LogP contribution in [0.3, 0.4) is 0 Å². The van der Waals surface area contributed by atoms with Crippen molar-refractivity contribution in [3.05, 3.63) is 0 Å². The van der Waals surface area contributed by atoms with Gasteiger partial charge in [-0.1, -0.05) is 0 Å². The SMILES string of the molecule is CCO[P+](=O)O.CCO[P+](=O)O.CCO[P+](=O)O.[AlH3].[AlH3]. The molecule has 9 nitrogen and oxygen atoms in total. The van der Waals surface area contributed by atoms with Crippen LogP contribution in [0, 0.1) is 0 Å². The summed E-state index contributed by atoms with van der Waals surface area (Å²) in [5.74, 6) is 0. The predicted molar refractivity (Wildman–Crippen MR) is 84.2 cm³/mol. The van der Waals surface area contributed by atoms with Gasteiger partial charge in [-0.2, -0.15) is 0 Å².